The summed E-state index contributed by atoms with van der Waals surface area (Å²) in [6.45, 7) is 6.91. The van der Waals surface area contributed by atoms with Gasteiger partial charge in [-0.2, -0.15) is 0 Å². The Morgan fingerprint density at radius 3 is 2.67 bits per heavy atom. The summed E-state index contributed by atoms with van der Waals surface area (Å²) >= 11 is 0. The lowest BCUT2D eigenvalue weighted by atomic mass is 9.89. The summed E-state index contributed by atoms with van der Waals surface area (Å²) in [6.07, 6.45) is 13.6. The fourth-order valence-electron chi connectivity index (χ4n) is 1.84. The molecule has 0 atom stereocenters. The van der Waals surface area contributed by atoms with Crippen molar-refractivity contribution in [3.63, 3.8) is 0 Å². The van der Waals surface area contributed by atoms with Crippen LogP contribution in [0, 0.1) is 5.92 Å². The van der Waals surface area contributed by atoms with Gasteiger partial charge in [0.1, 0.15) is 0 Å². The fraction of sp³-hybridized carbons (Fsp3) is 0.643. The van der Waals surface area contributed by atoms with Crippen LogP contribution in [0.4, 0.5) is 0 Å². The van der Waals surface area contributed by atoms with Gasteiger partial charge in [0, 0.05) is 5.71 Å². The molecule has 0 N–H and O–H groups in total. The fourth-order valence-corrected chi connectivity index (χ4v) is 1.84. The minimum Gasteiger partial charge on any atom is -0.290 e. The second-order valence-corrected chi connectivity index (χ2v) is 4.43. The first-order valence-electron chi connectivity index (χ1n) is 6.11. The third kappa shape index (κ3) is 5.56. The van der Waals surface area contributed by atoms with Crippen LogP contribution in [0.2, 0.25) is 0 Å². The van der Waals surface area contributed by atoms with Gasteiger partial charge in [-0.05, 0) is 44.4 Å². The highest BCUT2D eigenvalue weighted by Crippen LogP contribution is 2.21. The van der Waals surface area contributed by atoms with Crippen LogP contribution in [-0.2, 0) is 0 Å². The first-order chi connectivity index (χ1) is 7.33. The molecule has 0 aromatic rings. The highest BCUT2D eigenvalue weighted by Gasteiger charge is 2.12. The molecular formula is C14H23N. The number of nitrogens with zero attached hydrogens (tertiary/aromatic N) is 1. The van der Waals surface area contributed by atoms with Gasteiger partial charge in [-0.1, -0.05) is 25.2 Å². The number of allylic oxidation sites excluding steroid dienone is 2. The van der Waals surface area contributed by atoms with Crippen molar-refractivity contribution in [3.8, 4) is 0 Å². The van der Waals surface area contributed by atoms with Crippen LogP contribution >= 0.6 is 0 Å². The smallest absolute Gasteiger partial charge is 0.0569 e. The maximum atomic E-state index is 4.62. The van der Waals surface area contributed by atoms with E-state index in [-0.39, 0.29) is 0 Å². The third-order valence-electron chi connectivity index (χ3n) is 2.98. The topological polar surface area (TPSA) is 12.4 Å². The predicted molar refractivity (Wildman–Crippen MR) is 68.5 cm³/mol. The first kappa shape index (κ1) is 12.2. The van der Waals surface area contributed by atoms with Gasteiger partial charge in [-0.25, -0.2) is 0 Å². The van der Waals surface area contributed by atoms with E-state index in [1.54, 1.807) is 0 Å². The van der Waals surface area contributed by atoms with Gasteiger partial charge >= 0.3 is 0 Å². The van der Waals surface area contributed by atoms with E-state index >= 15 is 0 Å². The largest absolute Gasteiger partial charge is 0.290 e. The maximum absolute atomic E-state index is 4.62. The number of unbranched alkanes of at least 4 members (excludes halogenated alkanes) is 1. The Hall–Kier alpha value is -0.850. The molecule has 0 aromatic carbocycles. The number of rotatable bonds is 5. The van der Waals surface area contributed by atoms with E-state index in [0.29, 0.717) is 0 Å². The number of hydrogen-bond donors (Lipinski definition) is 0. The summed E-state index contributed by atoms with van der Waals surface area (Å²) in [4.78, 5) is 4.62. The van der Waals surface area contributed by atoms with Crippen LogP contribution in [0.1, 0.15) is 45.4 Å². The normalized spacial score (nSPS) is 21.9. The molecule has 1 rings (SSSR count). The maximum Gasteiger partial charge on any atom is 0.0569 e. The van der Waals surface area contributed by atoms with E-state index in [2.05, 4.69) is 30.6 Å². The highest BCUT2D eigenvalue weighted by atomic mass is 14.7. The van der Waals surface area contributed by atoms with Gasteiger partial charge in [0.15, 0.2) is 0 Å². The molecule has 1 saturated carbocycles. The molecule has 0 aliphatic heterocycles. The summed E-state index contributed by atoms with van der Waals surface area (Å²) in [5, 5.41) is 0. The van der Waals surface area contributed by atoms with Crippen molar-refractivity contribution in [3.05, 3.63) is 24.8 Å². The molecule has 0 saturated heterocycles. The summed E-state index contributed by atoms with van der Waals surface area (Å²) < 4.78 is 0. The van der Waals surface area contributed by atoms with Crippen molar-refractivity contribution in [2.24, 2.45) is 10.9 Å². The molecule has 0 amide bonds. The molecule has 0 heterocycles. The van der Waals surface area contributed by atoms with Crippen LogP contribution < -0.4 is 0 Å². The average Bonchev–Trinajstić information content (AvgIpc) is 2.26. The van der Waals surface area contributed by atoms with Gasteiger partial charge in [0.2, 0.25) is 0 Å². The van der Waals surface area contributed by atoms with Gasteiger partial charge < -0.3 is 0 Å². The zero-order chi connectivity index (χ0) is 10.9. The third-order valence-corrected chi connectivity index (χ3v) is 2.98. The molecular weight excluding hydrogens is 182 g/mol. The molecule has 0 radical (unpaired) electrons. The molecule has 1 fully saturated rings. The van der Waals surface area contributed by atoms with E-state index in [4.69, 9.17) is 0 Å². The molecule has 0 unspecified atom stereocenters. The van der Waals surface area contributed by atoms with Crippen LogP contribution in [0.5, 0.6) is 0 Å². The average molecular weight is 205 g/mol. The van der Waals surface area contributed by atoms with Crippen LogP contribution in [-0.4, -0.2) is 12.3 Å². The minimum atomic E-state index is 0.876. The Kier molecular flexibility index (Phi) is 6.06. The number of hydrogen-bond acceptors (Lipinski definition) is 1. The van der Waals surface area contributed by atoms with Gasteiger partial charge in [0.25, 0.3) is 0 Å². The Bertz CT molecular complexity index is 228. The summed E-state index contributed by atoms with van der Waals surface area (Å²) in [6, 6.07) is 0. The van der Waals surface area contributed by atoms with E-state index < -0.39 is 0 Å². The lowest BCUT2D eigenvalue weighted by Crippen LogP contribution is -2.11. The Labute approximate surface area is 94.0 Å². The van der Waals surface area contributed by atoms with Crippen molar-refractivity contribution >= 4 is 5.71 Å². The molecule has 1 heteroatoms. The summed E-state index contributed by atoms with van der Waals surface area (Å²) in [7, 11) is 0. The molecule has 15 heavy (non-hydrogen) atoms. The van der Waals surface area contributed by atoms with Gasteiger partial charge in [-0.3, -0.25) is 4.99 Å². The van der Waals surface area contributed by atoms with Crippen molar-refractivity contribution < 1.29 is 0 Å². The van der Waals surface area contributed by atoms with Crippen molar-refractivity contribution in [2.45, 2.75) is 45.4 Å². The van der Waals surface area contributed by atoms with Gasteiger partial charge in [-0.15, -0.1) is 6.58 Å². The second-order valence-electron chi connectivity index (χ2n) is 4.43. The summed E-state index contributed by atoms with van der Waals surface area (Å²) in [5.74, 6) is 0.909. The minimum absolute atomic E-state index is 0.876. The monoisotopic (exact) mass is 205 g/mol. The predicted octanol–water partition coefficient (Wildman–Crippen LogP) is 4.16. The standard InChI is InChI=1S/C14H23N/c1-3-4-5-6-7-12-15-14-10-8-13(2)9-11-14/h3,6-7,13H,1,4-5,8-12H2,2H3/b7-6+,15-14?. The van der Waals surface area contributed by atoms with E-state index in [1.807, 2.05) is 6.08 Å². The van der Waals surface area contributed by atoms with E-state index in [0.717, 1.165) is 25.3 Å². The van der Waals surface area contributed by atoms with Gasteiger partial charge in [0.05, 0.1) is 6.54 Å². The Morgan fingerprint density at radius 2 is 2.00 bits per heavy atom. The van der Waals surface area contributed by atoms with Crippen molar-refractivity contribution in [2.75, 3.05) is 6.54 Å². The molecule has 1 aliphatic carbocycles. The lowest BCUT2D eigenvalue weighted by molar-refractivity contribution is 0.483. The summed E-state index contributed by atoms with van der Waals surface area (Å²) in [5.41, 5.74) is 1.43. The van der Waals surface area contributed by atoms with Crippen molar-refractivity contribution in [1.29, 1.82) is 0 Å². The zero-order valence-electron chi connectivity index (χ0n) is 9.91. The van der Waals surface area contributed by atoms with Crippen LogP contribution in [0.3, 0.4) is 0 Å². The quantitative estimate of drug-likeness (QED) is 0.472. The highest BCUT2D eigenvalue weighted by molar-refractivity contribution is 5.85. The zero-order valence-corrected chi connectivity index (χ0v) is 9.91. The Morgan fingerprint density at radius 1 is 1.27 bits per heavy atom. The van der Waals surface area contributed by atoms with E-state index in [9.17, 15) is 0 Å². The van der Waals surface area contributed by atoms with Crippen molar-refractivity contribution in [1.82, 2.24) is 0 Å². The molecule has 0 spiro atoms. The molecule has 1 nitrogen and oxygen atoms in total. The number of aliphatic imine (C=N–C) groups is 1. The first-order valence-corrected chi connectivity index (χ1v) is 6.11. The SMILES string of the molecule is C=CCC/C=C/CN=C1CCC(C)CC1. The lowest BCUT2D eigenvalue weighted by Gasteiger charge is -2.18. The molecule has 1 aliphatic rings. The Balaban J connectivity index is 2.14. The molecule has 0 bridgehead atoms. The van der Waals surface area contributed by atoms with Crippen LogP contribution in [0.15, 0.2) is 29.8 Å². The molecule has 84 valence electrons. The van der Waals surface area contributed by atoms with E-state index in [1.165, 1.54) is 31.4 Å². The molecule has 0 aromatic heterocycles. The second kappa shape index (κ2) is 7.44. The van der Waals surface area contributed by atoms with Crippen LogP contribution in [0.25, 0.3) is 0 Å².